The summed E-state index contributed by atoms with van der Waals surface area (Å²) in [6, 6.07) is 0. The summed E-state index contributed by atoms with van der Waals surface area (Å²) < 4.78 is 23.9. The molecule has 0 aromatic rings. The van der Waals surface area contributed by atoms with Crippen LogP contribution in [0.3, 0.4) is 0 Å². The molecule has 0 saturated carbocycles. The Morgan fingerprint density at radius 3 is 0.985 bits per heavy atom. The van der Waals surface area contributed by atoms with Gasteiger partial charge >= 0.3 is 0 Å². The number of nitrogens with zero attached hydrogens (tertiary/aromatic N) is 2. The molecule has 0 spiro atoms. The first kappa shape index (κ1) is 64.1. The summed E-state index contributed by atoms with van der Waals surface area (Å²) in [5.74, 6) is 2.06. The monoisotopic (exact) mass is 932 g/mol. The topological polar surface area (TPSA) is 153 Å². The lowest BCUT2D eigenvalue weighted by molar-refractivity contribution is -0.121. The summed E-state index contributed by atoms with van der Waals surface area (Å²) in [5, 5.41) is 46.9. The first-order chi connectivity index (χ1) is 31.5. The summed E-state index contributed by atoms with van der Waals surface area (Å²) >= 11 is 0. The number of rotatable bonds is 50. The first-order valence-electron chi connectivity index (χ1n) is 27.2. The van der Waals surface area contributed by atoms with Crippen molar-refractivity contribution < 1.29 is 44.2 Å². The van der Waals surface area contributed by atoms with Crippen molar-refractivity contribution in [2.45, 2.75) is 215 Å². The second-order valence-corrected chi connectivity index (χ2v) is 19.5. The molecule has 0 aromatic heterocycles. The van der Waals surface area contributed by atoms with E-state index in [2.05, 4.69) is 70.5 Å². The second kappa shape index (κ2) is 45.5. The van der Waals surface area contributed by atoms with Crippen LogP contribution in [0.25, 0.3) is 0 Å². The van der Waals surface area contributed by atoms with Crippen molar-refractivity contribution in [3.63, 3.8) is 0 Å². The van der Waals surface area contributed by atoms with Crippen LogP contribution in [0.4, 0.5) is 0 Å². The number of hydrogen-bond donors (Lipinski definition) is 5. The number of aliphatic hydroxyl groups excluding tert-OH is 4. The normalized spacial score (nSPS) is 15.8. The molecule has 390 valence electrons. The Morgan fingerprint density at radius 2 is 0.708 bits per heavy atom. The molecule has 8 atom stereocenters. The average Bonchev–Trinajstić information content (AvgIpc) is 3.29. The van der Waals surface area contributed by atoms with Gasteiger partial charge in [0.2, 0.25) is 5.91 Å². The Hall–Kier alpha value is -0.930. The number of nitrogens with one attached hydrogen (secondary N) is 1. The van der Waals surface area contributed by atoms with Crippen LogP contribution in [-0.2, 0) is 23.7 Å². The van der Waals surface area contributed by atoms with Gasteiger partial charge in [0, 0.05) is 65.6 Å². The number of carbonyl (C=O) groups excluding carboxylic acids is 1. The van der Waals surface area contributed by atoms with E-state index < -0.39 is 24.4 Å². The molecule has 1 amide bonds. The van der Waals surface area contributed by atoms with Crippen molar-refractivity contribution in [3.05, 3.63) is 0 Å². The molecule has 0 rings (SSSR count). The van der Waals surface area contributed by atoms with Crippen molar-refractivity contribution in [1.29, 1.82) is 0 Å². The van der Waals surface area contributed by atoms with E-state index in [0.717, 1.165) is 70.6 Å². The summed E-state index contributed by atoms with van der Waals surface area (Å²) in [5.41, 5.74) is 0. The maximum Gasteiger partial charge on any atom is 0.219 e. The molecule has 0 radical (unpaired) electrons. The van der Waals surface area contributed by atoms with Crippen LogP contribution in [0, 0.1) is 23.7 Å². The number of amides is 1. The molecule has 0 aromatic carbocycles. The van der Waals surface area contributed by atoms with E-state index in [1.54, 1.807) is 0 Å². The number of carbonyl (C=O) groups is 1. The molecule has 12 heteroatoms. The fourth-order valence-corrected chi connectivity index (χ4v) is 8.39. The second-order valence-electron chi connectivity index (χ2n) is 19.5. The van der Waals surface area contributed by atoms with Gasteiger partial charge in [-0.3, -0.25) is 14.6 Å². The zero-order chi connectivity index (χ0) is 48.3. The molecule has 5 N–H and O–H groups in total. The van der Waals surface area contributed by atoms with E-state index in [9.17, 15) is 25.2 Å². The third kappa shape index (κ3) is 38.6. The van der Waals surface area contributed by atoms with Crippen molar-refractivity contribution >= 4 is 5.91 Å². The van der Waals surface area contributed by atoms with Crippen molar-refractivity contribution in [2.24, 2.45) is 23.7 Å². The Balaban J connectivity index is 5.06. The summed E-state index contributed by atoms with van der Waals surface area (Å²) in [6.07, 6.45) is 19.1. The standard InChI is InChI=1S/C53H109N3O9/c1-9-17-25-45(13-5)37-62-41-49(57)33-55(34-50(58)42-63-38-46(14-6)26-18-10-2)31-23-21-29-53(61)54-30-22-24-32-56(35-51(59)43-64-39-47(15-7)27-19-11-3)36-52(60)44-65-40-48(16-8)28-20-12-4/h45-52,57-60H,9-44H2,1-8H3,(H,54,61). The van der Waals surface area contributed by atoms with E-state index in [-0.39, 0.29) is 32.3 Å². The van der Waals surface area contributed by atoms with Crippen LogP contribution in [0.15, 0.2) is 0 Å². The van der Waals surface area contributed by atoms with Gasteiger partial charge in [-0.2, -0.15) is 0 Å². The lowest BCUT2D eigenvalue weighted by atomic mass is 10.0. The predicted molar refractivity (Wildman–Crippen MR) is 270 cm³/mol. The van der Waals surface area contributed by atoms with Gasteiger partial charge in [-0.25, -0.2) is 0 Å². The van der Waals surface area contributed by atoms with Gasteiger partial charge in [0.1, 0.15) is 0 Å². The van der Waals surface area contributed by atoms with Crippen molar-refractivity contribution in [3.8, 4) is 0 Å². The minimum Gasteiger partial charge on any atom is -0.389 e. The van der Waals surface area contributed by atoms with Gasteiger partial charge in [-0.05, 0) is 88.1 Å². The summed E-state index contributed by atoms with van der Waals surface area (Å²) in [6.45, 7) is 24.8. The molecule has 0 aliphatic heterocycles. The Kier molecular flexibility index (Phi) is 44.9. The van der Waals surface area contributed by atoms with Crippen molar-refractivity contribution in [2.75, 3.05) is 98.7 Å². The van der Waals surface area contributed by atoms with Gasteiger partial charge in [0.15, 0.2) is 0 Å². The predicted octanol–water partition coefficient (Wildman–Crippen LogP) is 9.03. The fraction of sp³-hybridized carbons (Fsp3) is 0.981. The Morgan fingerprint density at radius 1 is 0.415 bits per heavy atom. The average molecular weight is 932 g/mol. The minimum atomic E-state index is -0.666. The fourth-order valence-electron chi connectivity index (χ4n) is 8.39. The van der Waals surface area contributed by atoms with Crippen LogP contribution in [-0.4, -0.2) is 159 Å². The molecular formula is C53H109N3O9. The van der Waals surface area contributed by atoms with E-state index in [0.29, 0.717) is 109 Å². The van der Waals surface area contributed by atoms with Gasteiger partial charge < -0.3 is 44.7 Å². The number of aliphatic hydroxyl groups is 4. The lowest BCUT2D eigenvalue weighted by Crippen LogP contribution is -2.42. The minimum absolute atomic E-state index is 0.0196. The molecule has 0 fully saturated rings. The maximum absolute atomic E-state index is 12.9. The largest absolute Gasteiger partial charge is 0.389 e. The van der Waals surface area contributed by atoms with Gasteiger partial charge in [0.05, 0.1) is 50.8 Å². The zero-order valence-corrected chi connectivity index (χ0v) is 43.8. The molecule has 8 unspecified atom stereocenters. The molecule has 0 bridgehead atoms. The van der Waals surface area contributed by atoms with E-state index in [4.69, 9.17) is 18.9 Å². The Bertz CT molecular complexity index is 956. The summed E-state index contributed by atoms with van der Waals surface area (Å²) in [7, 11) is 0. The number of hydrogen-bond acceptors (Lipinski definition) is 11. The molecule has 12 nitrogen and oxygen atoms in total. The van der Waals surface area contributed by atoms with Crippen LogP contribution in [0.1, 0.15) is 190 Å². The number of ether oxygens (including phenoxy) is 4. The molecule has 0 heterocycles. The molecule has 0 aliphatic rings. The molecule has 0 saturated heterocycles. The highest BCUT2D eigenvalue weighted by atomic mass is 16.5. The molecule has 0 aliphatic carbocycles. The molecule has 65 heavy (non-hydrogen) atoms. The van der Waals surface area contributed by atoms with Crippen LogP contribution < -0.4 is 5.32 Å². The van der Waals surface area contributed by atoms with Crippen LogP contribution >= 0.6 is 0 Å². The van der Waals surface area contributed by atoms with E-state index in [1.807, 2.05) is 0 Å². The van der Waals surface area contributed by atoms with Crippen LogP contribution in [0.5, 0.6) is 0 Å². The highest BCUT2D eigenvalue weighted by Gasteiger charge is 2.20. The SMILES string of the molecule is CCCCC(CC)COCC(O)CN(CCCCNC(=O)CCCCN(CC(O)COCC(CC)CCCC)CC(O)COCC(CC)CCCC)CC(O)COCC(CC)CCCC. The lowest BCUT2D eigenvalue weighted by Gasteiger charge is -2.28. The van der Waals surface area contributed by atoms with E-state index in [1.165, 1.54) is 51.4 Å². The summed E-state index contributed by atoms with van der Waals surface area (Å²) in [4.78, 5) is 17.1. The zero-order valence-electron chi connectivity index (χ0n) is 43.8. The number of unbranched alkanes of at least 4 members (excludes halogenated alkanes) is 6. The first-order valence-corrected chi connectivity index (χ1v) is 27.2. The third-order valence-electron chi connectivity index (χ3n) is 13.1. The smallest absolute Gasteiger partial charge is 0.219 e. The third-order valence-corrected chi connectivity index (χ3v) is 13.1. The Labute approximate surface area is 401 Å². The van der Waals surface area contributed by atoms with Gasteiger partial charge in [-0.15, -0.1) is 0 Å². The quantitative estimate of drug-likeness (QED) is 0.0372. The van der Waals surface area contributed by atoms with E-state index >= 15 is 0 Å². The van der Waals surface area contributed by atoms with Gasteiger partial charge in [0.25, 0.3) is 0 Å². The highest BCUT2D eigenvalue weighted by Crippen LogP contribution is 2.17. The maximum atomic E-state index is 12.9. The molecular weight excluding hydrogens is 823 g/mol. The van der Waals surface area contributed by atoms with Gasteiger partial charge in [-0.1, -0.05) is 132 Å². The van der Waals surface area contributed by atoms with Crippen molar-refractivity contribution in [1.82, 2.24) is 15.1 Å². The highest BCUT2D eigenvalue weighted by molar-refractivity contribution is 5.75. The van der Waals surface area contributed by atoms with Crippen LogP contribution in [0.2, 0.25) is 0 Å².